The number of aliphatic hydroxyl groups excluding tert-OH is 1. The van der Waals surface area contributed by atoms with Gasteiger partial charge >= 0.3 is 0 Å². The fourth-order valence-electron chi connectivity index (χ4n) is 1.24. The summed E-state index contributed by atoms with van der Waals surface area (Å²) in [5.41, 5.74) is 0.590. The van der Waals surface area contributed by atoms with E-state index in [-0.39, 0.29) is 5.75 Å². The summed E-state index contributed by atoms with van der Waals surface area (Å²) in [7, 11) is 1.35. The van der Waals surface area contributed by atoms with Gasteiger partial charge in [-0.25, -0.2) is 4.39 Å². The summed E-state index contributed by atoms with van der Waals surface area (Å²) in [6.45, 7) is 1.61. The molecule has 0 saturated heterocycles. The lowest BCUT2D eigenvalue weighted by molar-refractivity contribution is 0.195. The summed E-state index contributed by atoms with van der Waals surface area (Å²) in [4.78, 5) is 0. The number of phenols is 1. The Hall–Kier alpha value is -1.29. The molecule has 3 nitrogen and oxygen atoms in total. The van der Waals surface area contributed by atoms with Crippen molar-refractivity contribution in [2.24, 2.45) is 0 Å². The highest BCUT2D eigenvalue weighted by atomic mass is 19.1. The summed E-state index contributed by atoms with van der Waals surface area (Å²) >= 11 is 0. The number of methoxy groups -OCH3 is 1. The van der Waals surface area contributed by atoms with Crippen LogP contribution in [0.25, 0.3) is 0 Å². The molecule has 1 atom stereocenters. The van der Waals surface area contributed by atoms with Crippen molar-refractivity contribution in [3.8, 4) is 11.5 Å². The molecule has 4 heteroatoms. The molecule has 78 valence electrons. The Morgan fingerprint density at radius 2 is 2.14 bits per heavy atom. The third-order valence-electron chi connectivity index (χ3n) is 1.84. The van der Waals surface area contributed by atoms with Gasteiger partial charge in [0.2, 0.25) is 0 Å². The van der Waals surface area contributed by atoms with E-state index in [1.54, 1.807) is 6.92 Å². The van der Waals surface area contributed by atoms with Gasteiger partial charge in [0.1, 0.15) is 0 Å². The van der Waals surface area contributed by atoms with Gasteiger partial charge in [0.25, 0.3) is 0 Å². The van der Waals surface area contributed by atoms with Crippen molar-refractivity contribution in [2.45, 2.75) is 19.4 Å². The predicted octanol–water partition coefficient (Wildman–Crippen LogP) is 1.46. The highest BCUT2D eigenvalue weighted by molar-refractivity contribution is 5.43. The van der Waals surface area contributed by atoms with Gasteiger partial charge < -0.3 is 14.9 Å². The van der Waals surface area contributed by atoms with Crippen LogP contribution in [-0.2, 0) is 6.42 Å². The van der Waals surface area contributed by atoms with Crippen LogP contribution in [0.2, 0.25) is 0 Å². The minimum Gasteiger partial charge on any atom is -0.502 e. The summed E-state index contributed by atoms with van der Waals surface area (Å²) in [6.07, 6.45) is -0.225. The maximum atomic E-state index is 13.1. The Kier molecular flexibility index (Phi) is 3.30. The topological polar surface area (TPSA) is 49.7 Å². The van der Waals surface area contributed by atoms with E-state index in [1.165, 1.54) is 19.2 Å². The first-order valence-corrected chi connectivity index (χ1v) is 4.28. The normalized spacial score (nSPS) is 12.6. The Labute approximate surface area is 81.8 Å². The minimum atomic E-state index is -0.736. The van der Waals surface area contributed by atoms with Crippen molar-refractivity contribution in [3.05, 3.63) is 23.5 Å². The van der Waals surface area contributed by atoms with E-state index < -0.39 is 17.7 Å². The molecule has 0 aromatic heterocycles. The number of benzene rings is 1. The van der Waals surface area contributed by atoms with Crippen LogP contribution >= 0.6 is 0 Å². The number of hydrogen-bond donors (Lipinski definition) is 2. The molecule has 1 aromatic rings. The molecule has 0 aliphatic carbocycles. The SMILES string of the molecule is COc1cc(CC(C)O)cc(F)c1O. The number of aliphatic hydroxyl groups is 1. The van der Waals surface area contributed by atoms with Crippen molar-refractivity contribution in [1.29, 1.82) is 0 Å². The lowest BCUT2D eigenvalue weighted by atomic mass is 10.1. The molecular weight excluding hydrogens is 187 g/mol. The van der Waals surface area contributed by atoms with Crippen LogP contribution in [0.4, 0.5) is 4.39 Å². The number of hydrogen-bond acceptors (Lipinski definition) is 3. The van der Waals surface area contributed by atoms with Crippen LogP contribution in [0.3, 0.4) is 0 Å². The molecule has 0 heterocycles. The average molecular weight is 200 g/mol. The highest BCUT2D eigenvalue weighted by Gasteiger charge is 2.11. The summed E-state index contributed by atoms with van der Waals surface area (Å²) in [5.74, 6) is -1.15. The summed E-state index contributed by atoms with van der Waals surface area (Å²) < 4.78 is 17.8. The van der Waals surface area contributed by atoms with Crippen molar-refractivity contribution in [3.63, 3.8) is 0 Å². The second-order valence-electron chi connectivity index (χ2n) is 3.18. The second kappa shape index (κ2) is 4.28. The van der Waals surface area contributed by atoms with Crippen molar-refractivity contribution >= 4 is 0 Å². The molecule has 0 radical (unpaired) electrons. The zero-order chi connectivity index (χ0) is 10.7. The van der Waals surface area contributed by atoms with E-state index in [0.29, 0.717) is 12.0 Å². The van der Waals surface area contributed by atoms with Gasteiger partial charge in [0.05, 0.1) is 13.2 Å². The van der Waals surface area contributed by atoms with E-state index in [0.717, 1.165) is 0 Å². The molecule has 0 aliphatic rings. The van der Waals surface area contributed by atoms with Crippen LogP contribution in [0.5, 0.6) is 11.5 Å². The monoisotopic (exact) mass is 200 g/mol. The minimum absolute atomic E-state index is 0.0839. The van der Waals surface area contributed by atoms with E-state index in [1.807, 2.05) is 0 Å². The van der Waals surface area contributed by atoms with Gasteiger partial charge in [-0.05, 0) is 31.0 Å². The molecular formula is C10H13FO3. The third kappa shape index (κ3) is 2.35. The first-order chi connectivity index (χ1) is 6.54. The zero-order valence-electron chi connectivity index (χ0n) is 8.12. The number of rotatable bonds is 3. The summed E-state index contributed by atoms with van der Waals surface area (Å²) in [5, 5.41) is 18.3. The number of halogens is 1. The van der Waals surface area contributed by atoms with Crippen molar-refractivity contribution in [2.75, 3.05) is 7.11 Å². The van der Waals surface area contributed by atoms with Crippen molar-refractivity contribution < 1.29 is 19.3 Å². The number of phenolic OH excluding ortho intramolecular Hbond substituents is 1. The van der Waals surface area contributed by atoms with Gasteiger partial charge in [-0.15, -0.1) is 0 Å². The molecule has 0 fully saturated rings. The van der Waals surface area contributed by atoms with Crippen molar-refractivity contribution in [1.82, 2.24) is 0 Å². The van der Waals surface area contributed by atoms with Gasteiger partial charge in [0.15, 0.2) is 17.3 Å². The Bertz CT molecular complexity index is 323. The number of aromatic hydroxyl groups is 1. The molecule has 1 aromatic carbocycles. The molecule has 0 bridgehead atoms. The molecule has 14 heavy (non-hydrogen) atoms. The maximum Gasteiger partial charge on any atom is 0.194 e. The maximum absolute atomic E-state index is 13.1. The lowest BCUT2D eigenvalue weighted by Crippen LogP contribution is -2.04. The van der Waals surface area contributed by atoms with E-state index in [2.05, 4.69) is 0 Å². The van der Waals surface area contributed by atoms with Crippen LogP contribution in [0, 0.1) is 5.82 Å². The molecule has 1 unspecified atom stereocenters. The van der Waals surface area contributed by atoms with Gasteiger partial charge in [0, 0.05) is 0 Å². The Balaban J connectivity index is 3.03. The summed E-state index contributed by atoms with van der Waals surface area (Å²) in [6, 6.07) is 2.69. The van der Waals surface area contributed by atoms with Gasteiger partial charge in [-0.2, -0.15) is 0 Å². The van der Waals surface area contributed by atoms with E-state index in [4.69, 9.17) is 9.84 Å². The average Bonchev–Trinajstić information content (AvgIpc) is 2.10. The molecule has 0 amide bonds. The first kappa shape index (κ1) is 10.8. The van der Waals surface area contributed by atoms with E-state index >= 15 is 0 Å². The second-order valence-corrected chi connectivity index (χ2v) is 3.18. The smallest absolute Gasteiger partial charge is 0.194 e. The standard InChI is InChI=1S/C10H13FO3/c1-6(12)3-7-4-8(11)10(13)9(5-7)14-2/h4-6,12-13H,3H2,1-2H3. The zero-order valence-corrected chi connectivity index (χ0v) is 8.12. The van der Waals surface area contributed by atoms with E-state index in [9.17, 15) is 9.50 Å². The molecule has 0 saturated carbocycles. The van der Waals surface area contributed by atoms with Gasteiger partial charge in [-0.3, -0.25) is 0 Å². The fourth-order valence-corrected chi connectivity index (χ4v) is 1.24. The predicted molar refractivity (Wildman–Crippen MR) is 50.0 cm³/mol. The van der Waals surface area contributed by atoms with Crippen LogP contribution in [0.15, 0.2) is 12.1 Å². The van der Waals surface area contributed by atoms with Crippen LogP contribution in [0.1, 0.15) is 12.5 Å². The van der Waals surface area contributed by atoms with Crippen LogP contribution in [-0.4, -0.2) is 23.4 Å². The van der Waals surface area contributed by atoms with Crippen LogP contribution < -0.4 is 4.74 Å². The molecule has 0 spiro atoms. The molecule has 0 aliphatic heterocycles. The quantitative estimate of drug-likeness (QED) is 0.776. The van der Waals surface area contributed by atoms with Gasteiger partial charge in [-0.1, -0.05) is 0 Å². The third-order valence-corrected chi connectivity index (χ3v) is 1.84. The molecule has 2 N–H and O–H groups in total. The Morgan fingerprint density at radius 1 is 1.50 bits per heavy atom. The Morgan fingerprint density at radius 3 is 2.64 bits per heavy atom. The highest BCUT2D eigenvalue weighted by Crippen LogP contribution is 2.30. The fraction of sp³-hybridized carbons (Fsp3) is 0.400. The lowest BCUT2D eigenvalue weighted by Gasteiger charge is -2.09. The number of ether oxygens (including phenoxy) is 1. The molecule has 1 rings (SSSR count). The first-order valence-electron chi connectivity index (χ1n) is 4.28. The largest absolute Gasteiger partial charge is 0.502 e.